The predicted octanol–water partition coefficient (Wildman–Crippen LogP) is 1.09. The van der Waals surface area contributed by atoms with Crippen LogP contribution in [0.5, 0.6) is 0 Å². The van der Waals surface area contributed by atoms with Crippen molar-refractivity contribution in [3.8, 4) is 0 Å². The molecular weight excluding hydrogens is 172 g/mol. The number of hydrogen-bond acceptors (Lipinski definition) is 4. The fourth-order valence-electron chi connectivity index (χ4n) is 0.941. The molecule has 0 saturated heterocycles. The van der Waals surface area contributed by atoms with Crippen molar-refractivity contribution >= 4 is 11.3 Å². The quantitative estimate of drug-likeness (QED) is 0.740. The molecule has 0 aliphatic rings. The molecule has 68 valence electrons. The zero-order chi connectivity index (χ0) is 8.97. The van der Waals surface area contributed by atoms with E-state index in [2.05, 4.69) is 10.3 Å². The molecule has 2 N–H and O–H groups in total. The van der Waals surface area contributed by atoms with Crippen molar-refractivity contribution < 1.29 is 5.11 Å². The van der Waals surface area contributed by atoms with Crippen molar-refractivity contribution in [3.05, 3.63) is 16.1 Å². The highest BCUT2D eigenvalue weighted by Gasteiger charge is 2.07. The molecule has 0 aromatic carbocycles. The SMILES string of the molecule is Cc1cnc(C(C)NCCO)s1. The van der Waals surface area contributed by atoms with Gasteiger partial charge in [0.1, 0.15) is 5.01 Å². The molecule has 1 rings (SSSR count). The van der Waals surface area contributed by atoms with Crippen LogP contribution in [-0.4, -0.2) is 23.2 Å². The molecule has 1 atom stereocenters. The van der Waals surface area contributed by atoms with Crippen molar-refractivity contribution in [1.82, 2.24) is 10.3 Å². The number of nitrogens with one attached hydrogen (secondary N) is 1. The van der Waals surface area contributed by atoms with E-state index in [1.165, 1.54) is 4.88 Å². The third-order valence-electron chi connectivity index (χ3n) is 1.57. The molecule has 0 amide bonds. The minimum atomic E-state index is 0.175. The molecule has 0 aliphatic heterocycles. The molecule has 3 nitrogen and oxygen atoms in total. The standard InChI is InChI=1S/C8H14N2OS/c1-6-5-10-8(12-6)7(2)9-3-4-11/h5,7,9,11H,3-4H2,1-2H3. The Labute approximate surface area is 76.5 Å². The Hall–Kier alpha value is -0.450. The van der Waals surface area contributed by atoms with Crippen LogP contribution in [0.15, 0.2) is 6.20 Å². The molecule has 1 unspecified atom stereocenters. The van der Waals surface area contributed by atoms with Crippen molar-refractivity contribution in [3.63, 3.8) is 0 Å². The Morgan fingerprint density at radius 2 is 2.50 bits per heavy atom. The number of aryl methyl sites for hydroxylation is 1. The van der Waals surface area contributed by atoms with Gasteiger partial charge in [-0.3, -0.25) is 0 Å². The second-order valence-electron chi connectivity index (χ2n) is 2.71. The van der Waals surface area contributed by atoms with Crippen LogP contribution >= 0.6 is 11.3 Å². The maximum atomic E-state index is 8.59. The normalized spacial score (nSPS) is 13.2. The van der Waals surface area contributed by atoms with Crippen LogP contribution in [0.25, 0.3) is 0 Å². The second-order valence-corrected chi connectivity index (χ2v) is 3.97. The summed E-state index contributed by atoms with van der Waals surface area (Å²) >= 11 is 1.69. The minimum Gasteiger partial charge on any atom is -0.395 e. The monoisotopic (exact) mass is 186 g/mol. The van der Waals surface area contributed by atoms with Crippen molar-refractivity contribution in [2.75, 3.05) is 13.2 Å². The summed E-state index contributed by atoms with van der Waals surface area (Å²) < 4.78 is 0. The minimum absolute atomic E-state index is 0.175. The van der Waals surface area contributed by atoms with Gasteiger partial charge in [0.05, 0.1) is 12.6 Å². The fourth-order valence-corrected chi connectivity index (χ4v) is 1.74. The average Bonchev–Trinajstić information content (AvgIpc) is 2.47. The number of rotatable bonds is 4. The van der Waals surface area contributed by atoms with E-state index in [1.54, 1.807) is 11.3 Å². The molecular formula is C8H14N2OS. The summed E-state index contributed by atoms with van der Waals surface area (Å²) in [5, 5.41) is 12.8. The number of nitrogens with zero attached hydrogens (tertiary/aromatic N) is 1. The molecule has 0 bridgehead atoms. The summed E-state index contributed by atoms with van der Waals surface area (Å²) in [6.07, 6.45) is 1.87. The number of thiazole rings is 1. The van der Waals surface area contributed by atoms with Gasteiger partial charge in [0, 0.05) is 17.6 Å². The molecule has 0 fully saturated rings. The fraction of sp³-hybridized carbons (Fsp3) is 0.625. The molecule has 4 heteroatoms. The Morgan fingerprint density at radius 3 is 3.00 bits per heavy atom. The zero-order valence-corrected chi connectivity index (χ0v) is 8.19. The van der Waals surface area contributed by atoms with Crippen molar-refractivity contribution in [2.45, 2.75) is 19.9 Å². The van der Waals surface area contributed by atoms with Gasteiger partial charge < -0.3 is 10.4 Å². The van der Waals surface area contributed by atoms with E-state index in [9.17, 15) is 0 Å². The van der Waals surface area contributed by atoms with E-state index >= 15 is 0 Å². The average molecular weight is 186 g/mol. The molecule has 0 spiro atoms. The highest BCUT2D eigenvalue weighted by molar-refractivity contribution is 7.11. The predicted molar refractivity (Wildman–Crippen MR) is 50.4 cm³/mol. The Balaban J connectivity index is 2.47. The van der Waals surface area contributed by atoms with E-state index < -0.39 is 0 Å². The lowest BCUT2D eigenvalue weighted by Crippen LogP contribution is -2.21. The van der Waals surface area contributed by atoms with Crippen LogP contribution in [0, 0.1) is 6.92 Å². The first-order chi connectivity index (χ1) is 5.74. The van der Waals surface area contributed by atoms with Crippen LogP contribution in [-0.2, 0) is 0 Å². The highest BCUT2D eigenvalue weighted by Crippen LogP contribution is 2.18. The summed E-state index contributed by atoms with van der Waals surface area (Å²) in [5.41, 5.74) is 0. The van der Waals surface area contributed by atoms with Gasteiger partial charge in [0.15, 0.2) is 0 Å². The van der Waals surface area contributed by atoms with E-state index in [-0.39, 0.29) is 12.6 Å². The maximum Gasteiger partial charge on any atom is 0.109 e. The molecule has 1 aromatic heterocycles. The number of aliphatic hydroxyl groups excluding tert-OH is 1. The molecule has 1 aromatic rings. The zero-order valence-electron chi connectivity index (χ0n) is 7.37. The van der Waals surface area contributed by atoms with Crippen LogP contribution < -0.4 is 5.32 Å². The van der Waals surface area contributed by atoms with Crippen LogP contribution in [0.3, 0.4) is 0 Å². The third kappa shape index (κ3) is 2.55. The van der Waals surface area contributed by atoms with Crippen LogP contribution in [0.1, 0.15) is 22.9 Å². The topological polar surface area (TPSA) is 45.2 Å². The smallest absolute Gasteiger partial charge is 0.109 e. The second kappa shape index (κ2) is 4.54. The van der Waals surface area contributed by atoms with Gasteiger partial charge in [0.2, 0.25) is 0 Å². The number of hydrogen-bond donors (Lipinski definition) is 2. The highest BCUT2D eigenvalue weighted by atomic mass is 32.1. The van der Waals surface area contributed by atoms with Gasteiger partial charge in [-0.1, -0.05) is 0 Å². The van der Waals surface area contributed by atoms with Gasteiger partial charge >= 0.3 is 0 Å². The molecule has 12 heavy (non-hydrogen) atoms. The molecule has 0 saturated carbocycles. The van der Waals surface area contributed by atoms with Gasteiger partial charge in [-0.2, -0.15) is 0 Å². The lowest BCUT2D eigenvalue weighted by Gasteiger charge is -2.08. The van der Waals surface area contributed by atoms with Crippen molar-refractivity contribution in [1.29, 1.82) is 0 Å². The van der Waals surface area contributed by atoms with E-state index in [0.29, 0.717) is 6.54 Å². The van der Waals surface area contributed by atoms with E-state index in [1.807, 2.05) is 20.0 Å². The van der Waals surface area contributed by atoms with Crippen LogP contribution in [0.4, 0.5) is 0 Å². The number of aliphatic hydroxyl groups is 1. The summed E-state index contributed by atoms with van der Waals surface area (Å²) in [6, 6.07) is 0.246. The van der Waals surface area contributed by atoms with Gasteiger partial charge in [-0.25, -0.2) is 4.98 Å². The molecule has 0 radical (unpaired) electrons. The van der Waals surface area contributed by atoms with E-state index in [0.717, 1.165) is 5.01 Å². The molecule has 0 aliphatic carbocycles. The largest absolute Gasteiger partial charge is 0.395 e. The van der Waals surface area contributed by atoms with Gasteiger partial charge in [0.25, 0.3) is 0 Å². The first-order valence-corrected chi connectivity index (χ1v) is 4.82. The lowest BCUT2D eigenvalue weighted by molar-refractivity contribution is 0.286. The van der Waals surface area contributed by atoms with E-state index in [4.69, 9.17) is 5.11 Å². The summed E-state index contributed by atoms with van der Waals surface area (Å²) in [7, 11) is 0. The first kappa shape index (κ1) is 9.64. The Bertz CT molecular complexity index is 237. The molecule has 1 heterocycles. The third-order valence-corrected chi connectivity index (χ3v) is 2.67. The summed E-state index contributed by atoms with van der Waals surface area (Å²) in [6.45, 7) is 4.89. The van der Waals surface area contributed by atoms with Crippen LogP contribution in [0.2, 0.25) is 0 Å². The Kier molecular flexibility index (Phi) is 3.65. The summed E-state index contributed by atoms with van der Waals surface area (Å²) in [4.78, 5) is 5.47. The Morgan fingerprint density at radius 1 is 1.75 bits per heavy atom. The maximum absolute atomic E-state index is 8.59. The van der Waals surface area contributed by atoms with Gasteiger partial charge in [-0.05, 0) is 13.8 Å². The first-order valence-electron chi connectivity index (χ1n) is 4.00. The number of aromatic nitrogens is 1. The summed E-state index contributed by atoms with van der Waals surface area (Å²) in [5.74, 6) is 0. The van der Waals surface area contributed by atoms with Gasteiger partial charge in [-0.15, -0.1) is 11.3 Å². The van der Waals surface area contributed by atoms with Crippen molar-refractivity contribution in [2.24, 2.45) is 0 Å². The lowest BCUT2D eigenvalue weighted by atomic mass is 10.3.